The van der Waals surface area contributed by atoms with Gasteiger partial charge >= 0.3 is 0 Å². The molecule has 0 aliphatic rings. The van der Waals surface area contributed by atoms with E-state index in [2.05, 4.69) is 17.3 Å². The van der Waals surface area contributed by atoms with Crippen LogP contribution in [0.25, 0.3) is 11.0 Å². The first-order valence-electron chi connectivity index (χ1n) is 7.93. The lowest BCUT2D eigenvalue weighted by atomic mass is 10.1. The van der Waals surface area contributed by atoms with E-state index in [1.54, 1.807) is 0 Å². The van der Waals surface area contributed by atoms with Crippen LogP contribution in [-0.4, -0.2) is 29.1 Å². The van der Waals surface area contributed by atoms with E-state index in [0.29, 0.717) is 12.2 Å². The molecule has 0 saturated carbocycles. The van der Waals surface area contributed by atoms with Crippen molar-refractivity contribution >= 4 is 16.9 Å². The SMILES string of the molecule is CCN(CCc1ccccc1)C(=O)Cc1noc2ccccc12. The molecule has 3 rings (SSSR count). The lowest BCUT2D eigenvalue weighted by Crippen LogP contribution is -2.34. The van der Waals surface area contributed by atoms with E-state index in [9.17, 15) is 4.79 Å². The summed E-state index contributed by atoms with van der Waals surface area (Å²) >= 11 is 0. The Morgan fingerprint density at radius 1 is 1.09 bits per heavy atom. The van der Waals surface area contributed by atoms with Crippen LogP contribution in [0, 0.1) is 0 Å². The molecule has 0 unspecified atom stereocenters. The minimum atomic E-state index is 0.0856. The van der Waals surface area contributed by atoms with Crippen molar-refractivity contribution in [2.24, 2.45) is 0 Å². The summed E-state index contributed by atoms with van der Waals surface area (Å²) in [5.74, 6) is 0.0856. The molecule has 3 aromatic rings. The molecule has 1 amide bonds. The number of carbonyl (C=O) groups is 1. The first-order chi connectivity index (χ1) is 11.3. The maximum Gasteiger partial charge on any atom is 0.228 e. The van der Waals surface area contributed by atoms with E-state index in [4.69, 9.17) is 4.52 Å². The fourth-order valence-electron chi connectivity index (χ4n) is 2.69. The summed E-state index contributed by atoms with van der Waals surface area (Å²) in [7, 11) is 0. The van der Waals surface area contributed by atoms with Gasteiger partial charge in [-0.3, -0.25) is 4.79 Å². The van der Waals surface area contributed by atoms with Crippen molar-refractivity contribution in [2.75, 3.05) is 13.1 Å². The number of fused-ring (bicyclic) bond motifs is 1. The van der Waals surface area contributed by atoms with Crippen LogP contribution in [0.3, 0.4) is 0 Å². The van der Waals surface area contributed by atoms with Gasteiger partial charge in [0.05, 0.1) is 6.42 Å². The van der Waals surface area contributed by atoms with Gasteiger partial charge in [-0.15, -0.1) is 0 Å². The maximum atomic E-state index is 12.6. The highest BCUT2D eigenvalue weighted by molar-refractivity contribution is 5.86. The van der Waals surface area contributed by atoms with Gasteiger partial charge in [0.25, 0.3) is 0 Å². The minimum absolute atomic E-state index is 0.0856. The summed E-state index contributed by atoms with van der Waals surface area (Å²) in [5.41, 5.74) is 2.68. The van der Waals surface area contributed by atoms with Gasteiger partial charge in [-0.1, -0.05) is 47.6 Å². The van der Waals surface area contributed by atoms with E-state index < -0.39 is 0 Å². The van der Waals surface area contributed by atoms with E-state index in [1.807, 2.05) is 54.3 Å². The number of hydrogen-bond acceptors (Lipinski definition) is 3. The van der Waals surface area contributed by atoms with Crippen molar-refractivity contribution in [1.82, 2.24) is 10.1 Å². The van der Waals surface area contributed by atoms with Crippen molar-refractivity contribution in [2.45, 2.75) is 19.8 Å². The van der Waals surface area contributed by atoms with E-state index in [-0.39, 0.29) is 12.3 Å². The van der Waals surface area contributed by atoms with Crippen molar-refractivity contribution in [3.63, 3.8) is 0 Å². The quantitative estimate of drug-likeness (QED) is 0.700. The van der Waals surface area contributed by atoms with Crippen LogP contribution in [0.15, 0.2) is 59.1 Å². The number of nitrogens with zero attached hydrogens (tertiary/aromatic N) is 2. The number of rotatable bonds is 6. The van der Waals surface area contributed by atoms with Crippen LogP contribution >= 0.6 is 0 Å². The average Bonchev–Trinajstić information content (AvgIpc) is 2.99. The molecule has 0 atom stereocenters. The molecule has 0 spiro atoms. The second kappa shape index (κ2) is 7.09. The Morgan fingerprint density at radius 2 is 1.83 bits per heavy atom. The zero-order chi connectivity index (χ0) is 16.1. The van der Waals surface area contributed by atoms with E-state index >= 15 is 0 Å². The number of para-hydroxylation sites is 1. The molecule has 118 valence electrons. The highest BCUT2D eigenvalue weighted by Gasteiger charge is 2.16. The van der Waals surface area contributed by atoms with Gasteiger partial charge in [-0.25, -0.2) is 0 Å². The molecule has 2 aromatic carbocycles. The largest absolute Gasteiger partial charge is 0.356 e. The normalized spacial score (nSPS) is 10.8. The molecule has 0 bridgehead atoms. The predicted molar refractivity (Wildman–Crippen MR) is 90.1 cm³/mol. The molecular formula is C19H20N2O2. The van der Waals surface area contributed by atoms with Crippen molar-refractivity contribution < 1.29 is 9.32 Å². The molecule has 4 nitrogen and oxygen atoms in total. The molecule has 1 aromatic heterocycles. The van der Waals surface area contributed by atoms with Gasteiger partial charge in [0, 0.05) is 18.5 Å². The molecule has 0 radical (unpaired) electrons. The third kappa shape index (κ3) is 3.59. The Hall–Kier alpha value is -2.62. The molecular weight excluding hydrogens is 288 g/mol. The fourth-order valence-corrected chi connectivity index (χ4v) is 2.69. The highest BCUT2D eigenvalue weighted by Crippen LogP contribution is 2.18. The highest BCUT2D eigenvalue weighted by atomic mass is 16.5. The van der Waals surface area contributed by atoms with Crippen LogP contribution in [0.1, 0.15) is 18.2 Å². The van der Waals surface area contributed by atoms with Crippen molar-refractivity contribution in [3.8, 4) is 0 Å². The topological polar surface area (TPSA) is 46.3 Å². The number of likely N-dealkylation sites (N-methyl/N-ethyl adjacent to an activating group) is 1. The number of benzene rings is 2. The van der Waals surface area contributed by atoms with Crippen LogP contribution in [-0.2, 0) is 17.6 Å². The Labute approximate surface area is 135 Å². The third-order valence-corrected chi connectivity index (χ3v) is 4.02. The van der Waals surface area contributed by atoms with Gasteiger partial charge < -0.3 is 9.42 Å². The van der Waals surface area contributed by atoms with Crippen LogP contribution in [0.2, 0.25) is 0 Å². The Kier molecular flexibility index (Phi) is 4.71. The number of hydrogen-bond donors (Lipinski definition) is 0. The summed E-state index contributed by atoms with van der Waals surface area (Å²) in [6.45, 7) is 3.42. The second-order valence-corrected chi connectivity index (χ2v) is 5.51. The summed E-state index contributed by atoms with van der Waals surface area (Å²) in [6, 6.07) is 17.9. The first-order valence-corrected chi connectivity index (χ1v) is 7.93. The maximum absolute atomic E-state index is 12.6. The Bertz CT molecular complexity index is 780. The standard InChI is InChI=1S/C19H20N2O2/c1-2-21(13-12-15-8-4-3-5-9-15)19(22)14-17-16-10-6-7-11-18(16)23-20-17/h3-11H,2,12-14H2,1H3. The number of carbonyl (C=O) groups excluding carboxylic acids is 1. The van der Waals surface area contributed by atoms with E-state index in [0.717, 1.165) is 23.9 Å². The molecule has 4 heteroatoms. The van der Waals surface area contributed by atoms with Gasteiger partial charge in [0.15, 0.2) is 5.58 Å². The van der Waals surface area contributed by atoms with Gasteiger partial charge in [0.1, 0.15) is 5.69 Å². The number of aromatic nitrogens is 1. The Morgan fingerprint density at radius 3 is 2.61 bits per heavy atom. The van der Waals surface area contributed by atoms with Gasteiger partial charge in [-0.2, -0.15) is 0 Å². The van der Waals surface area contributed by atoms with Gasteiger partial charge in [-0.05, 0) is 31.0 Å². The first kappa shape index (κ1) is 15.3. The molecule has 0 aliphatic carbocycles. The molecule has 0 aliphatic heterocycles. The summed E-state index contributed by atoms with van der Waals surface area (Å²) in [6.07, 6.45) is 1.14. The number of amides is 1. The van der Waals surface area contributed by atoms with Crippen molar-refractivity contribution in [3.05, 3.63) is 65.9 Å². The lowest BCUT2D eigenvalue weighted by Gasteiger charge is -2.20. The zero-order valence-corrected chi connectivity index (χ0v) is 13.2. The van der Waals surface area contributed by atoms with Crippen LogP contribution in [0.4, 0.5) is 0 Å². The molecule has 23 heavy (non-hydrogen) atoms. The predicted octanol–water partition coefficient (Wildman–Crippen LogP) is 3.46. The smallest absolute Gasteiger partial charge is 0.228 e. The average molecular weight is 308 g/mol. The lowest BCUT2D eigenvalue weighted by molar-refractivity contribution is -0.130. The van der Waals surface area contributed by atoms with Crippen LogP contribution < -0.4 is 0 Å². The minimum Gasteiger partial charge on any atom is -0.356 e. The summed E-state index contributed by atoms with van der Waals surface area (Å²) in [4.78, 5) is 14.4. The van der Waals surface area contributed by atoms with E-state index in [1.165, 1.54) is 5.56 Å². The zero-order valence-electron chi connectivity index (χ0n) is 13.2. The summed E-state index contributed by atoms with van der Waals surface area (Å²) in [5, 5.41) is 4.96. The monoisotopic (exact) mass is 308 g/mol. The third-order valence-electron chi connectivity index (χ3n) is 4.02. The molecule has 0 N–H and O–H groups in total. The van der Waals surface area contributed by atoms with Crippen LogP contribution in [0.5, 0.6) is 0 Å². The fraction of sp³-hybridized carbons (Fsp3) is 0.263. The molecule has 1 heterocycles. The molecule has 0 saturated heterocycles. The van der Waals surface area contributed by atoms with Crippen molar-refractivity contribution in [1.29, 1.82) is 0 Å². The van der Waals surface area contributed by atoms with Gasteiger partial charge in [0.2, 0.25) is 5.91 Å². The second-order valence-electron chi connectivity index (χ2n) is 5.51. The molecule has 0 fully saturated rings. The summed E-state index contributed by atoms with van der Waals surface area (Å²) < 4.78 is 5.27. The Balaban J connectivity index is 1.65.